The van der Waals surface area contributed by atoms with E-state index in [1.54, 1.807) is 0 Å². The molecule has 0 amide bonds. The van der Waals surface area contributed by atoms with Crippen LogP contribution in [-0.2, 0) is 0 Å². The molecule has 0 bridgehead atoms. The average molecular weight is 428 g/mol. The summed E-state index contributed by atoms with van der Waals surface area (Å²) in [6.45, 7) is 21.6. The lowest BCUT2D eigenvalue weighted by Gasteiger charge is -2.42. The Balaban J connectivity index is 1.62. The van der Waals surface area contributed by atoms with E-state index in [-0.39, 0.29) is 28.6 Å². The van der Waals surface area contributed by atoms with Crippen molar-refractivity contribution >= 4 is 0 Å². The van der Waals surface area contributed by atoms with E-state index in [1.807, 2.05) is 0 Å². The third kappa shape index (κ3) is 5.44. The maximum absolute atomic E-state index is 10.2. The Hall–Kier alpha value is -1.14. The van der Waals surface area contributed by atoms with Crippen molar-refractivity contribution in [2.75, 3.05) is 32.7 Å². The van der Waals surface area contributed by atoms with E-state index in [2.05, 4.69) is 75.3 Å². The Morgan fingerprint density at radius 1 is 0.742 bits per heavy atom. The highest BCUT2D eigenvalue weighted by Gasteiger charge is 2.46. The summed E-state index contributed by atoms with van der Waals surface area (Å²) in [6.07, 6.45) is 5.58. The fourth-order valence-corrected chi connectivity index (χ4v) is 6.54. The first-order valence-electron chi connectivity index (χ1n) is 12.4. The van der Waals surface area contributed by atoms with Crippen LogP contribution >= 0.6 is 0 Å². The largest absolute Gasteiger partial charge is 0.298 e. The van der Waals surface area contributed by atoms with Gasteiger partial charge in [0.2, 0.25) is 0 Å². The second-order valence-electron chi connectivity index (χ2n) is 12.7. The van der Waals surface area contributed by atoms with Crippen molar-refractivity contribution in [1.82, 2.24) is 14.7 Å². The molecule has 0 radical (unpaired) electrons. The number of nitriles is 2. The summed E-state index contributed by atoms with van der Waals surface area (Å²) in [7, 11) is 0. The van der Waals surface area contributed by atoms with E-state index in [0.29, 0.717) is 5.92 Å². The highest BCUT2D eigenvalue weighted by atomic mass is 15.3. The zero-order valence-corrected chi connectivity index (χ0v) is 21.1. The molecule has 0 spiro atoms. The molecule has 0 aliphatic carbocycles. The van der Waals surface area contributed by atoms with Gasteiger partial charge < -0.3 is 0 Å². The minimum Gasteiger partial charge on any atom is -0.298 e. The normalized spacial score (nSPS) is 31.8. The van der Waals surface area contributed by atoms with Gasteiger partial charge in [0, 0.05) is 42.8 Å². The van der Waals surface area contributed by atoms with Crippen LogP contribution in [0.25, 0.3) is 0 Å². The maximum Gasteiger partial charge on any atom is 0.101 e. The number of nitrogens with zero attached hydrogens (tertiary/aromatic N) is 5. The Morgan fingerprint density at radius 2 is 1.42 bits per heavy atom. The summed E-state index contributed by atoms with van der Waals surface area (Å²) in [5.41, 5.74) is 0.347. The van der Waals surface area contributed by atoms with Crippen LogP contribution in [0.1, 0.15) is 80.6 Å². The first kappa shape index (κ1) is 24.5. The average Bonchev–Trinajstić information content (AvgIpc) is 3.39. The van der Waals surface area contributed by atoms with Gasteiger partial charge in [-0.15, -0.1) is 0 Å². The monoisotopic (exact) mass is 427 g/mol. The molecular weight excluding hydrogens is 382 g/mol. The van der Waals surface area contributed by atoms with Crippen molar-refractivity contribution in [2.45, 2.75) is 103 Å². The van der Waals surface area contributed by atoms with Crippen LogP contribution in [0.5, 0.6) is 0 Å². The van der Waals surface area contributed by atoms with E-state index in [0.717, 1.165) is 44.8 Å². The van der Waals surface area contributed by atoms with Crippen molar-refractivity contribution in [1.29, 1.82) is 10.5 Å². The Bertz CT molecular complexity index is 707. The summed E-state index contributed by atoms with van der Waals surface area (Å²) >= 11 is 0. The quantitative estimate of drug-likeness (QED) is 0.624. The lowest BCUT2D eigenvalue weighted by molar-refractivity contribution is 0.0734. The Morgan fingerprint density at radius 3 is 1.97 bits per heavy atom. The van der Waals surface area contributed by atoms with Gasteiger partial charge in [-0.2, -0.15) is 10.5 Å². The van der Waals surface area contributed by atoms with E-state index < -0.39 is 0 Å². The van der Waals surface area contributed by atoms with Crippen LogP contribution in [0.3, 0.4) is 0 Å². The molecule has 0 aromatic carbocycles. The topological polar surface area (TPSA) is 57.3 Å². The van der Waals surface area contributed by atoms with E-state index in [1.165, 1.54) is 25.9 Å². The lowest BCUT2D eigenvalue weighted by atomic mass is 9.83. The van der Waals surface area contributed by atoms with Crippen LogP contribution in [-0.4, -0.2) is 70.1 Å². The number of likely N-dealkylation sites (tertiary alicyclic amines) is 3. The minimum atomic E-state index is 0.00349. The van der Waals surface area contributed by atoms with Crippen molar-refractivity contribution in [3.05, 3.63) is 0 Å². The number of hydrogen-bond acceptors (Lipinski definition) is 5. The van der Waals surface area contributed by atoms with Gasteiger partial charge in [-0.25, -0.2) is 0 Å². The fourth-order valence-electron chi connectivity index (χ4n) is 6.54. The first-order valence-corrected chi connectivity index (χ1v) is 12.4. The molecule has 174 valence electrons. The standard InChI is InChI=1S/C26H45N5/c1-24(2,3)29-11-8-20(18-29)14-26(6,7)31-13-10-22(23(31)17-28)15-25(4,5)30-12-9-21(16-27)19-30/h20-23H,8-15,18-19H2,1-7H3. The van der Waals surface area contributed by atoms with E-state index in [9.17, 15) is 10.5 Å². The SMILES string of the molecule is CC(C)(C)N1CCC(CC(C)(C)N2CCC(CC(C)(C)N3CCC(C#N)C3)C2C#N)C1. The van der Waals surface area contributed by atoms with Gasteiger partial charge in [0.05, 0.1) is 18.1 Å². The molecule has 0 aromatic heterocycles. The highest BCUT2D eigenvalue weighted by Crippen LogP contribution is 2.41. The molecule has 31 heavy (non-hydrogen) atoms. The predicted molar refractivity (Wildman–Crippen MR) is 126 cm³/mol. The fraction of sp³-hybridized carbons (Fsp3) is 0.923. The van der Waals surface area contributed by atoms with Gasteiger partial charge in [-0.3, -0.25) is 14.7 Å². The molecule has 4 atom stereocenters. The summed E-state index contributed by atoms with van der Waals surface area (Å²) in [6, 6.07) is 5.16. The highest BCUT2D eigenvalue weighted by molar-refractivity contribution is 5.08. The van der Waals surface area contributed by atoms with Crippen molar-refractivity contribution in [3.63, 3.8) is 0 Å². The molecule has 5 nitrogen and oxygen atoms in total. The second-order valence-corrected chi connectivity index (χ2v) is 12.7. The first-order chi connectivity index (χ1) is 14.4. The summed E-state index contributed by atoms with van der Waals surface area (Å²) in [4.78, 5) is 7.63. The summed E-state index contributed by atoms with van der Waals surface area (Å²) in [5.74, 6) is 1.30. The van der Waals surface area contributed by atoms with Gasteiger partial charge in [0.25, 0.3) is 0 Å². The second kappa shape index (κ2) is 9.01. The third-order valence-electron chi connectivity index (χ3n) is 8.44. The molecule has 0 N–H and O–H groups in total. The Labute approximate surface area is 191 Å². The van der Waals surface area contributed by atoms with Crippen molar-refractivity contribution in [3.8, 4) is 12.1 Å². The minimum absolute atomic E-state index is 0.00349. The van der Waals surface area contributed by atoms with Crippen molar-refractivity contribution < 1.29 is 0 Å². The summed E-state index contributed by atoms with van der Waals surface area (Å²) in [5, 5.41) is 19.5. The van der Waals surface area contributed by atoms with Crippen LogP contribution < -0.4 is 0 Å². The summed E-state index contributed by atoms with van der Waals surface area (Å²) < 4.78 is 0. The molecule has 4 unspecified atom stereocenters. The van der Waals surface area contributed by atoms with Gasteiger partial charge in [-0.1, -0.05) is 0 Å². The molecule has 3 fully saturated rings. The van der Waals surface area contributed by atoms with Gasteiger partial charge in [-0.05, 0) is 99.0 Å². The smallest absolute Gasteiger partial charge is 0.101 e. The number of hydrogen-bond donors (Lipinski definition) is 0. The predicted octanol–water partition coefficient (Wildman–Crippen LogP) is 4.50. The molecule has 3 saturated heterocycles. The van der Waals surface area contributed by atoms with Crippen LogP contribution in [0.4, 0.5) is 0 Å². The molecule has 0 aromatic rings. The van der Waals surface area contributed by atoms with Crippen LogP contribution in [0, 0.1) is 40.4 Å². The van der Waals surface area contributed by atoms with Gasteiger partial charge in [0.15, 0.2) is 0 Å². The molecule has 3 heterocycles. The van der Waals surface area contributed by atoms with E-state index >= 15 is 0 Å². The number of rotatable bonds is 6. The third-order valence-corrected chi connectivity index (χ3v) is 8.44. The molecule has 3 aliphatic heterocycles. The van der Waals surface area contributed by atoms with Crippen molar-refractivity contribution in [2.24, 2.45) is 17.8 Å². The van der Waals surface area contributed by atoms with Crippen LogP contribution in [0.2, 0.25) is 0 Å². The molecular formula is C26H45N5. The zero-order chi connectivity index (χ0) is 23.0. The maximum atomic E-state index is 10.2. The van der Waals surface area contributed by atoms with Gasteiger partial charge >= 0.3 is 0 Å². The molecule has 0 saturated carbocycles. The van der Waals surface area contributed by atoms with E-state index in [4.69, 9.17) is 0 Å². The molecule has 3 aliphatic rings. The lowest BCUT2D eigenvalue weighted by Crippen LogP contribution is -2.50. The molecule has 3 rings (SSSR count). The van der Waals surface area contributed by atoms with Crippen LogP contribution in [0.15, 0.2) is 0 Å². The van der Waals surface area contributed by atoms with Gasteiger partial charge in [0.1, 0.15) is 6.04 Å². The molecule has 5 heteroatoms. The Kier molecular flexibility index (Phi) is 7.12. The zero-order valence-electron chi connectivity index (χ0n) is 21.1.